The fourth-order valence-corrected chi connectivity index (χ4v) is 1.93. The first-order valence-corrected chi connectivity index (χ1v) is 5.93. The zero-order valence-corrected chi connectivity index (χ0v) is 10.7. The first-order valence-electron chi connectivity index (χ1n) is 5.93. The number of rotatable bonds is 3. The molecule has 0 amide bonds. The molecule has 0 saturated heterocycles. The summed E-state index contributed by atoms with van der Waals surface area (Å²) in [5, 5.41) is 4.44. The van der Waals surface area contributed by atoms with Crippen molar-refractivity contribution in [3.05, 3.63) is 54.2 Å². The summed E-state index contributed by atoms with van der Waals surface area (Å²) in [7, 11) is 0. The minimum absolute atomic E-state index is 0.227. The zero-order valence-electron chi connectivity index (χ0n) is 10.7. The summed E-state index contributed by atoms with van der Waals surface area (Å²) < 4.78 is 12.4. The predicted molar refractivity (Wildman–Crippen MR) is 69.6 cm³/mol. The standard InChI is InChI=1S/C14H13N3O2/c1-10-8-11(2)17(16-10)12-4-3-5-13(9-12)19-14-15-6-7-18-14/h3-9H,1-2H3. The Balaban J connectivity index is 1.93. The number of hydrogen-bond donors (Lipinski definition) is 0. The maximum absolute atomic E-state index is 5.51. The Kier molecular flexibility index (Phi) is 2.79. The minimum atomic E-state index is 0.227. The van der Waals surface area contributed by atoms with Crippen molar-refractivity contribution in [1.29, 1.82) is 0 Å². The van der Waals surface area contributed by atoms with Gasteiger partial charge in [-0.3, -0.25) is 0 Å². The molecule has 0 aliphatic rings. The van der Waals surface area contributed by atoms with E-state index in [1.807, 2.05) is 48.9 Å². The summed E-state index contributed by atoms with van der Waals surface area (Å²) in [6.07, 6.45) is 3.24. The van der Waals surface area contributed by atoms with E-state index in [1.165, 1.54) is 6.26 Å². The topological polar surface area (TPSA) is 53.1 Å². The predicted octanol–water partition coefficient (Wildman–Crippen LogP) is 3.27. The molecule has 2 aromatic heterocycles. The molecule has 3 rings (SSSR count). The van der Waals surface area contributed by atoms with Crippen molar-refractivity contribution in [2.24, 2.45) is 0 Å². The lowest BCUT2D eigenvalue weighted by molar-refractivity contribution is 0.330. The lowest BCUT2D eigenvalue weighted by atomic mass is 10.3. The molecule has 0 aliphatic heterocycles. The summed E-state index contributed by atoms with van der Waals surface area (Å²) in [5.41, 5.74) is 3.00. The van der Waals surface area contributed by atoms with Crippen LogP contribution in [0.3, 0.4) is 0 Å². The summed E-state index contributed by atoms with van der Waals surface area (Å²) in [6, 6.07) is 9.65. The van der Waals surface area contributed by atoms with E-state index in [0.717, 1.165) is 17.1 Å². The highest BCUT2D eigenvalue weighted by atomic mass is 16.6. The van der Waals surface area contributed by atoms with Crippen LogP contribution in [0.15, 0.2) is 47.2 Å². The van der Waals surface area contributed by atoms with Crippen LogP contribution in [0.25, 0.3) is 5.69 Å². The first kappa shape index (κ1) is 11.5. The summed E-state index contributed by atoms with van der Waals surface area (Å²) in [4.78, 5) is 3.92. The van der Waals surface area contributed by atoms with E-state index in [9.17, 15) is 0 Å². The Morgan fingerprint density at radius 1 is 1.21 bits per heavy atom. The lowest BCUT2D eigenvalue weighted by Crippen LogP contribution is -1.99. The lowest BCUT2D eigenvalue weighted by Gasteiger charge is -2.06. The molecule has 0 spiro atoms. The van der Waals surface area contributed by atoms with Crippen LogP contribution in [0.2, 0.25) is 0 Å². The second kappa shape index (κ2) is 4.61. The van der Waals surface area contributed by atoms with Gasteiger partial charge in [0.1, 0.15) is 12.0 Å². The average Bonchev–Trinajstić information content (AvgIpc) is 2.99. The van der Waals surface area contributed by atoms with Crippen LogP contribution in [-0.4, -0.2) is 14.8 Å². The smallest absolute Gasteiger partial charge is 0.399 e. The third kappa shape index (κ3) is 2.35. The van der Waals surface area contributed by atoms with Crippen molar-refractivity contribution in [2.75, 3.05) is 0 Å². The number of aryl methyl sites for hydroxylation is 2. The zero-order chi connectivity index (χ0) is 13.2. The second-order valence-electron chi connectivity index (χ2n) is 4.24. The van der Waals surface area contributed by atoms with Crippen molar-refractivity contribution < 1.29 is 9.15 Å². The van der Waals surface area contributed by atoms with Crippen LogP contribution in [0.4, 0.5) is 0 Å². The van der Waals surface area contributed by atoms with E-state index in [1.54, 1.807) is 6.20 Å². The number of hydrogen-bond acceptors (Lipinski definition) is 4. The van der Waals surface area contributed by atoms with Crippen LogP contribution in [0.5, 0.6) is 11.8 Å². The number of nitrogens with zero attached hydrogens (tertiary/aromatic N) is 3. The van der Waals surface area contributed by atoms with Gasteiger partial charge in [0.15, 0.2) is 0 Å². The van der Waals surface area contributed by atoms with Crippen molar-refractivity contribution >= 4 is 0 Å². The van der Waals surface area contributed by atoms with Crippen molar-refractivity contribution in [2.45, 2.75) is 13.8 Å². The Morgan fingerprint density at radius 2 is 2.11 bits per heavy atom. The van der Waals surface area contributed by atoms with E-state index in [0.29, 0.717) is 5.75 Å². The summed E-state index contributed by atoms with van der Waals surface area (Å²) in [6.45, 7) is 3.98. The fourth-order valence-electron chi connectivity index (χ4n) is 1.93. The monoisotopic (exact) mass is 255 g/mol. The molecule has 0 atom stereocenters. The average molecular weight is 255 g/mol. The Labute approximate surface area is 110 Å². The van der Waals surface area contributed by atoms with E-state index < -0.39 is 0 Å². The molecule has 0 saturated carbocycles. The fraction of sp³-hybridized carbons (Fsp3) is 0.143. The van der Waals surface area contributed by atoms with Crippen LogP contribution in [-0.2, 0) is 0 Å². The number of benzene rings is 1. The van der Waals surface area contributed by atoms with E-state index in [-0.39, 0.29) is 6.08 Å². The highest BCUT2D eigenvalue weighted by Crippen LogP contribution is 2.22. The molecule has 0 aliphatic carbocycles. The van der Waals surface area contributed by atoms with Gasteiger partial charge in [0.2, 0.25) is 0 Å². The summed E-state index contributed by atoms with van der Waals surface area (Å²) in [5.74, 6) is 0.660. The van der Waals surface area contributed by atoms with Gasteiger partial charge in [-0.1, -0.05) is 6.07 Å². The van der Waals surface area contributed by atoms with Crippen molar-refractivity contribution in [3.8, 4) is 17.5 Å². The molecule has 96 valence electrons. The Hall–Kier alpha value is -2.56. The van der Waals surface area contributed by atoms with Crippen LogP contribution >= 0.6 is 0 Å². The second-order valence-corrected chi connectivity index (χ2v) is 4.24. The minimum Gasteiger partial charge on any atom is -0.417 e. The highest BCUT2D eigenvalue weighted by Gasteiger charge is 2.06. The first-order chi connectivity index (χ1) is 9.22. The third-order valence-corrected chi connectivity index (χ3v) is 2.69. The highest BCUT2D eigenvalue weighted by molar-refractivity contribution is 5.40. The van der Waals surface area contributed by atoms with E-state index in [4.69, 9.17) is 9.15 Å². The molecule has 19 heavy (non-hydrogen) atoms. The molecular weight excluding hydrogens is 242 g/mol. The van der Waals surface area contributed by atoms with Gasteiger partial charge in [0, 0.05) is 11.8 Å². The molecular formula is C14H13N3O2. The molecule has 5 nitrogen and oxygen atoms in total. The molecule has 0 unspecified atom stereocenters. The third-order valence-electron chi connectivity index (χ3n) is 2.69. The molecule has 1 aromatic carbocycles. The normalized spacial score (nSPS) is 10.6. The number of aromatic nitrogens is 3. The molecule has 0 N–H and O–H groups in total. The Morgan fingerprint density at radius 3 is 2.79 bits per heavy atom. The van der Waals surface area contributed by atoms with Crippen LogP contribution in [0, 0.1) is 13.8 Å². The molecule has 3 aromatic rings. The molecule has 0 bridgehead atoms. The van der Waals surface area contributed by atoms with Gasteiger partial charge in [0.25, 0.3) is 0 Å². The van der Waals surface area contributed by atoms with Crippen LogP contribution < -0.4 is 4.74 Å². The van der Waals surface area contributed by atoms with Crippen LogP contribution in [0.1, 0.15) is 11.4 Å². The van der Waals surface area contributed by atoms with Crippen molar-refractivity contribution in [3.63, 3.8) is 0 Å². The molecule has 5 heteroatoms. The van der Waals surface area contributed by atoms with Crippen molar-refractivity contribution in [1.82, 2.24) is 14.8 Å². The largest absolute Gasteiger partial charge is 0.417 e. The molecule has 0 radical (unpaired) electrons. The SMILES string of the molecule is Cc1cc(C)n(-c2cccc(Oc3ncco3)c2)n1. The number of ether oxygens (including phenoxy) is 1. The van der Waals surface area contributed by atoms with E-state index in [2.05, 4.69) is 10.1 Å². The molecule has 0 fully saturated rings. The maximum Gasteiger partial charge on any atom is 0.399 e. The van der Waals surface area contributed by atoms with Gasteiger partial charge in [-0.25, -0.2) is 4.68 Å². The summed E-state index contributed by atoms with van der Waals surface area (Å²) >= 11 is 0. The quantitative estimate of drug-likeness (QED) is 0.720. The van der Waals surface area contributed by atoms with Gasteiger partial charge in [0.05, 0.1) is 17.6 Å². The van der Waals surface area contributed by atoms with Gasteiger partial charge < -0.3 is 9.15 Å². The molecule has 2 heterocycles. The van der Waals surface area contributed by atoms with Gasteiger partial charge in [-0.2, -0.15) is 10.1 Å². The van der Waals surface area contributed by atoms with E-state index >= 15 is 0 Å². The number of oxazole rings is 1. The van der Waals surface area contributed by atoms with Gasteiger partial charge in [-0.05, 0) is 32.0 Å². The maximum atomic E-state index is 5.51. The Bertz CT molecular complexity index is 687. The van der Waals surface area contributed by atoms with Gasteiger partial charge >= 0.3 is 6.08 Å². The van der Waals surface area contributed by atoms with Gasteiger partial charge in [-0.15, -0.1) is 0 Å².